The van der Waals surface area contributed by atoms with Gasteiger partial charge in [-0.15, -0.1) is 0 Å². The second-order valence-electron chi connectivity index (χ2n) is 4.03. The summed E-state index contributed by atoms with van der Waals surface area (Å²) in [6, 6.07) is 0. The van der Waals surface area contributed by atoms with Crippen LogP contribution < -0.4 is 16.2 Å². The molecule has 0 aliphatic carbocycles. The van der Waals surface area contributed by atoms with Crippen LogP contribution in [0.4, 0.5) is 11.8 Å². The maximum atomic E-state index is 5.60. The molecule has 1 fully saturated rings. The van der Waals surface area contributed by atoms with Crippen molar-refractivity contribution in [1.82, 2.24) is 9.97 Å². The van der Waals surface area contributed by atoms with Crippen LogP contribution in [0.25, 0.3) is 0 Å². The number of hydrazine groups is 1. The number of aromatic nitrogens is 2. The molecular formula is C10H16BrN5O. The number of nitrogen functional groups attached to an aromatic ring is 1. The number of nitrogens with one attached hydrogen (secondary N) is 1. The molecular weight excluding hydrogens is 286 g/mol. The first kappa shape index (κ1) is 12.5. The zero-order valence-corrected chi connectivity index (χ0v) is 11.3. The van der Waals surface area contributed by atoms with E-state index in [0.29, 0.717) is 5.95 Å². The van der Waals surface area contributed by atoms with Crippen LogP contribution in [0.15, 0.2) is 10.7 Å². The first-order valence-electron chi connectivity index (χ1n) is 5.52. The lowest BCUT2D eigenvalue weighted by molar-refractivity contribution is 0.116. The molecule has 0 saturated carbocycles. The second-order valence-corrected chi connectivity index (χ2v) is 4.88. The molecule has 94 valence electrons. The molecule has 3 N–H and O–H groups in total. The SMILES string of the molecule is CN(CC1CCCO1)c1nc(NN)ncc1Br. The molecule has 7 heteroatoms. The molecule has 1 unspecified atom stereocenters. The largest absolute Gasteiger partial charge is 0.376 e. The Morgan fingerprint density at radius 2 is 2.53 bits per heavy atom. The van der Waals surface area contributed by atoms with E-state index in [0.717, 1.165) is 36.3 Å². The van der Waals surface area contributed by atoms with Gasteiger partial charge in [-0.25, -0.2) is 10.8 Å². The third kappa shape index (κ3) is 3.05. The van der Waals surface area contributed by atoms with Crippen molar-refractivity contribution in [3.8, 4) is 0 Å². The summed E-state index contributed by atoms with van der Waals surface area (Å²) in [6.45, 7) is 1.68. The average Bonchev–Trinajstić information content (AvgIpc) is 2.82. The summed E-state index contributed by atoms with van der Waals surface area (Å²) in [5.41, 5.74) is 2.44. The van der Waals surface area contributed by atoms with Crippen LogP contribution in [-0.2, 0) is 4.74 Å². The van der Waals surface area contributed by atoms with E-state index >= 15 is 0 Å². The maximum Gasteiger partial charge on any atom is 0.239 e. The van der Waals surface area contributed by atoms with Crippen LogP contribution >= 0.6 is 15.9 Å². The van der Waals surface area contributed by atoms with Gasteiger partial charge in [-0.2, -0.15) is 4.98 Å². The molecule has 2 rings (SSSR count). The predicted molar refractivity (Wildman–Crippen MR) is 69.8 cm³/mol. The van der Waals surface area contributed by atoms with Crippen molar-refractivity contribution in [2.24, 2.45) is 5.84 Å². The lowest BCUT2D eigenvalue weighted by Crippen LogP contribution is -2.29. The van der Waals surface area contributed by atoms with Crippen LogP contribution in [-0.4, -0.2) is 36.3 Å². The van der Waals surface area contributed by atoms with E-state index in [1.165, 1.54) is 0 Å². The van der Waals surface area contributed by atoms with Crippen molar-refractivity contribution < 1.29 is 4.74 Å². The van der Waals surface area contributed by atoms with Crippen LogP contribution in [0.1, 0.15) is 12.8 Å². The Labute approximate surface area is 109 Å². The molecule has 1 saturated heterocycles. The summed E-state index contributed by atoms with van der Waals surface area (Å²) in [5.74, 6) is 6.51. The van der Waals surface area contributed by atoms with Gasteiger partial charge in [0, 0.05) is 26.4 Å². The summed E-state index contributed by atoms with van der Waals surface area (Å²) >= 11 is 3.43. The summed E-state index contributed by atoms with van der Waals surface area (Å²) in [7, 11) is 1.98. The van der Waals surface area contributed by atoms with Crippen molar-refractivity contribution in [3.63, 3.8) is 0 Å². The van der Waals surface area contributed by atoms with Gasteiger partial charge >= 0.3 is 0 Å². The van der Waals surface area contributed by atoms with Gasteiger partial charge in [0.05, 0.1) is 10.6 Å². The van der Waals surface area contributed by atoms with Gasteiger partial charge in [0.2, 0.25) is 5.95 Å². The van der Waals surface area contributed by atoms with Gasteiger partial charge in [0.25, 0.3) is 0 Å². The van der Waals surface area contributed by atoms with E-state index in [2.05, 4.69) is 31.3 Å². The summed E-state index contributed by atoms with van der Waals surface area (Å²) in [6.07, 6.45) is 4.22. The Hall–Kier alpha value is -0.920. The molecule has 1 aliphatic heterocycles. The van der Waals surface area contributed by atoms with Gasteiger partial charge in [-0.1, -0.05) is 0 Å². The van der Waals surface area contributed by atoms with E-state index < -0.39 is 0 Å². The van der Waals surface area contributed by atoms with Crippen LogP contribution in [0, 0.1) is 0 Å². The van der Waals surface area contributed by atoms with Crippen LogP contribution in [0.2, 0.25) is 0 Å². The van der Waals surface area contributed by atoms with Crippen molar-refractivity contribution in [1.29, 1.82) is 0 Å². The van der Waals surface area contributed by atoms with Gasteiger partial charge in [-0.3, -0.25) is 5.43 Å². The molecule has 2 heterocycles. The summed E-state index contributed by atoms with van der Waals surface area (Å²) in [4.78, 5) is 10.4. The fourth-order valence-corrected chi connectivity index (χ4v) is 2.37. The van der Waals surface area contributed by atoms with E-state index in [4.69, 9.17) is 10.6 Å². The van der Waals surface area contributed by atoms with Gasteiger partial charge < -0.3 is 9.64 Å². The van der Waals surface area contributed by atoms with E-state index in [9.17, 15) is 0 Å². The summed E-state index contributed by atoms with van der Waals surface area (Å²) < 4.78 is 6.45. The fraction of sp³-hybridized carbons (Fsp3) is 0.600. The first-order chi connectivity index (χ1) is 8.20. The monoisotopic (exact) mass is 301 g/mol. The molecule has 0 spiro atoms. The lowest BCUT2D eigenvalue weighted by Gasteiger charge is -2.22. The Bertz CT molecular complexity index is 383. The topological polar surface area (TPSA) is 76.3 Å². The molecule has 0 amide bonds. The molecule has 1 aromatic rings. The number of rotatable bonds is 4. The normalized spacial score (nSPS) is 19.4. The summed E-state index contributed by atoms with van der Waals surface area (Å²) in [5, 5.41) is 0. The quantitative estimate of drug-likeness (QED) is 0.641. The minimum absolute atomic E-state index is 0.288. The predicted octanol–water partition coefficient (Wildman–Crippen LogP) is 1.14. The van der Waals surface area contributed by atoms with Gasteiger partial charge in [0.15, 0.2) is 0 Å². The Balaban J connectivity index is 2.08. The Morgan fingerprint density at radius 3 is 3.18 bits per heavy atom. The van der Waals surface area contributed by atoms with E-state index in [1.54, 1.807) is 6.20 Å². The highest BCUT2D eigenvalue weighted by Crippen LogP contribution is 2.24. The number of ether oxygens (including phenoxy) is 1. The second kappa shape index (κ2) is 5.61. The third-order valence-electron chi connectivity index (χ3n) is 2.72. The highest BCUT2D eigenvalue weighted by Gasteiger charge is 2.19. The van der Waals surface area contributed by atoms with Crippen molar-refractivity contribution >= 4 is 27.7 Å². The van der Waals surface area contributed by atoms with Crippen LogP contribution in [0.5, 0.6) is 0 Å². The molecule has 17 heavy (non-hydrogen) atoms. The molecule has 0 radical (unpaired) electrons. The number of anilines is 2. The first-order valence-corrected chi connectivity index (χ1v) is 6.32. The molecule has 1 aliphatic rings. The molecule has 6 nitrogen and oxygen atoms in total. The fourth-order valence-electron chi connectivity index (χ4n) is 1.88. The third-order valence-corrected chi connectivity index (χ3v) is 3.28. The Kier molecular flexibility index (Phi) is 4.14. The van der Waals surface area contributed by atoms with E-state index in [1.807, 2.05) is 11.9 Å². The Morgan fingerprint density at radius 1 is 1.71 bits per heavy atom. The highest BCUT2D eigenvalue weighted by atomic mass is 79.9. The smallest absolute Gasteiger partial charge is 0.239 e. The molecule has 0 bridgehead atoms. The minimum Gasteiger partial charge on any atom is -0.376 e. The minimum atomic E-state index is 0.288. The van der Waals surface area contributed by atoms with Crippen LogP contribution in [0.3, 0.4) is 0 Å². The molecule has 1 aromatic heterocycles. The lowest BCUT2D eigenvalue weighted by atomic mass is 10.2. The number of hydrogen-bond acceptors (Lipinski definition) is 6. The van der Waals surface area contributed by atoms with Gasteiger partial charge in [0.1, 0.15) is 5.82 Å². The number of halogens is 1. The number of hydrogen-bond donors (Lipinski definition) is 2. The number of nitrogens with two attached hydrogens (primary N) is 1. The van der Waals surface area contributed by atoms with Gasteiger partial charge in [-0.05, 0) is 28.8 Å². The van der Waals surface area contributed by atoms with Crippen molar-refractivity contribution in [3.05, 3.63) is 10.7 Å². The van der Waals surface area contributed by atoms with E-state index in [-0.39, 0.29) is 6.10 Å². The molecule has 0 aromatic carbocycles. The maximum absolute atomic E-state index is 5.60. The number of likely N-dealkylation sites (N-methyl/N-ethyl adjacent to an activating group) is 1. The molecule has 1 atom stereocenters. The van der Waals surface area contributed by atoms with Crippen molar-refractivity contribution in [2.45, 2.75) is 18.9 Å². The number of nitrogens with zero attached hydrogens (tertiary/aromatic N) is 3. The highest BCUT2D eigenvalue weighted by molar-refractivity contribution is 9.10. The zero-order valence-electron chi connectivity index (χ0n) is 9.69. The van der Waals surface area contributed by atoms with Crippen molar-refractivity contribution in [2.75, 3.05) is 30.5 Å². The average molecular weight is 302 g/mol. The standard InChI is InChI=1S/C10H16BrN5O/c1-16(6-7-3-2-4-17-7)9-8(11)5-13-10(14-9)15-12/h5,7H,2-4,6,12H2,1H3,(H,13,14,15). The zero-order chi connectivity index (χ0) is 12.3.